The molecule has 0 saturated carbocycles. The van der Waals surface area contributed by atoms with Gasteiger partial charge in [-0.2, -0.15) is 0 Å². The van der Waals surface area contributed by atoms with Gasteiger partial charge >= 0.3 is 0 Å². The third-order valence-electron chi connectivity index (χ3n) is 5.81. The number of hydrogen-bond donors (Lipinski definition) is 2. The molecule has 0 aliphatic heterocycles. The van der Waals surface area contributed by atoms with Gasteiger partial charge in [0.15, 0.2) is 0 Å². The maximum Gasteiger partial charge on any atom is 0.247 e. The highest BCUT2D eigenvalue weighted by Crippen LogP contribution is 2.25. The smallest absolute Gasteiger partial charge is 0.247 e. The number of carbonyl (C=O) groups is 2. The Kier molecular flexibility index (Phi) is 10.2. The van der Waals surface area contributed by atoms with Gasteiger partial charge in [0.05, 0.1) is 4.90 Å². The van der Waals surface area contributed by atoms with Crippen LogP contribution < -0.4 is 10.0 Å². The molecule has 0 saturated heterocycles. The van der Waals surface area contributed by atoms with Gasteiger partial charge in [-0.1, -0.05) is 85.8 Å². The lowest BCUT2D eigenvalue weighted by atomic mass is 10.0. The summed E-state index contributed by atoms with van der Waals surface area (Å²) in [5.41, 5.74) is 2.45. The molecule has 194 valence electrons. The van der Waals surface area contributed by atoms with Crippen LogP contribution in [0.4, 0.5) is 0 Å². The van der Waals surface area contributed by atoms with E-state index in [0.29, 0.717) is 18.5 Å². The zero-order valence-corrected chi connectivity index (χ0v) is 21.8. The zero-order valence-electron chi connectivity index (χ0n) is 21.0. The van der Waals surface area contributed by atoms with E-state index in [0.717, 1.165) is 11.1 Å². The van der Waals surface area contributed by atoms with Crippen molar-refractivity contribution in [2.75, 3.05) is 13.1 Å². The normalized spacial score (nSPS) is 11.9. The third-order valence-corrected chi connectivity index (χ3v) is 7.37. The molecule has 1 unspecified atom stereocenters. The van der Waals surface area contributed by atoms with Gasteiger partial charge in [-0.05, 0) is 35.2 Å². The molecule has 0 radical (unpaired) electrons. The molecular formula is C29H33N3O4S. The standard InChI is InChI=1S/C29H33N3O4S/c1-3-21-30-29(34)28(25-13-9-6-10-14-25)32(22-24-11-7-5-8-12-24)27(33)20-17-23-15-18-26(19-16-23)37(35,36)31-4-2/h3,5-16,18-19,28,31H,1,4,17,20-22H2,2H3,(H,30,34). The lowest BCUT2D eigenvalue weighted by molar-refractivity contribution is -0.141. The lowest BCUT2D eigenvalue weighted by Gasteiger charge is -2.31. The number of amides is 2. The van der Waals surface area contributed by atoms with E-state index in [1.54, 1.807) is 30.0 Å². The summed E-state index contributed by atoms with van der Waals surface area (Å²) in [4.78, 5) is 28.7. The summed E-state index contributed by atoms with van der Waals surface area (Å²) in [5.74, 6) is -0.468. The quantitative estimate of drug-likeness (QED) is 0.334. The van der Waals surface area contributed by atoms with Crippen LogP contribution >= 0.6 is 0 Å². The van der Waals surface area contributed by atoms with Crippen molar-refractivity contribution in [3.05, 3.63) is 114 Å². The Bertz CT molecular complexity index is 1280. The average molecular weight is 520 g/mol. The number of carbonyl (C=O) groups excluding carboxylic acids is 2. The van der Waals surface area contributed by atoms with Crippen LogP contribution in [0.5, 0.6) is 0 Å². The Balaban J connectivity index is 1.86. The summed E-state index contributed by atoms with van der Waals surface area (Å²) >= 11 is 0. The Morgan fingerprint density at radius 1 is 0.919 bits per heavy atom. The molecule has 0 aliphatic rings. The Morgan fingerprint density at radius 3 is 2.14 bits per heavy atom. The first-order valence-electron chi connectivity index (χ1n) is 12.2. The van der Waals surface area contributed by atoms with E-state index >= 15 is 0 Å². The molecule has 0 aliphatic carbocycles. The minimum Gasteiger partial charge on any atom is -0.351 e. The number of sulfonamides is 1. The van der Waals surface area contributed by atoms with Crippen molar-refractivity contribution in [2.24, 2.45) is 0 Å². The molecule has 3 rings (SSSR count). The highest BCUT2D eigenvalue weighted by molar-refractivity contribution is 7.89. The summed E-state index contributed by atoms with van der Waals surface area (Å²) < 4.78 is 26.9. The minimum atomic E-state index is -3.54. The third kappa shape index (κ3) is 7.87. The fourth-order valence-electron chi connectivity index (χ4n) is 3.98. The molecule has 0 bridgehead atoms. The average Bonchev–Trinajstić information content (AvgIpc) is 2.91. The summed E-state index contributed by atoms with van der Waals surface area (Å²) in [6, 6.07) is 24.5. The van der Waals surface area contributed by atoms with Gasteiger partial charge in [0.25, 0.3) is 0 Å². The number of nitrogens with zero attached hydrogens (tertiary/aromatic N) is 1. The monoisotopic (exact) mass is 519 g/mol. The van der Waals surface area contributed by atoms with Gasteiger partial charge < -0.3 is 10.2 Å². The first-order chi connectivity index (χ1) is 17.9. The SMILES string of the molecule is C=CCNC(=O)C(c1ccccc1)N(Cc1ccccc1)C(=O)CCc1ccc(S(=O)(=O)NCC)cc1. The predicted octanol–water partition coefficient (Wildman–Crippen LogP) is 3.99. The van der Waals surface area contributed by atoms with Crippen molar-refractivity contribution in [1.29, 1.82) is 0 Å². The lowest BCUT2D eigenvalue weighted by Crippen LogP contribution is -2.43. The molecule has 0 fully saturated rings. The Hall–Kier alpha value is -3.75. The summed E-state index contributed by atoms with van der Waals surface area (Å²) in [7, 11) is -3.54. The van der Waals surface area contributed by atoms with Gasteiger partial charge in [-0.15, -0.1) is 6.58 Å². The highest BCUT2D eigenvalue weighted by Gasteiger charge is 2.31. The summed E-state index contributed by atoms with van der Waals surface area (Å²) in [5, 5.41) is 2.84. The van der Waals surface area contributed by atoms with Crippen LogP contribution in [0.15, 0.2) is 102 Å². The van der Waals surface area contributed by atoms with Crippen molar-refractivity contribution < 1.29 is 18.0 Å². The van der Waals surface area contributed by atoms with Crippen LogP contribution in [0.2, 0.25) is 0 Å². The molecule has 8 heteroatoms. The molecule has 1 atom stereocenters. The molecule has 37 heavy (non-hydrogen) atoms. The van der Waals surface area contributed by atoms with Crippen molar-refractivity contribution in [1.82, 2.24) is 14.9 Å². The maximum absolute atomic E-state index is 13.6. The summed E-state index contributed by atoms with van der Waals surface area (Å²) in [6.45, 7) is 6.25. The largest absolute Gasteiger partial charge is 0.351 e. The van der Waals surface area contributed by atoms with Gasteiger partial charge in [0, 0.05) is 26.1 Å². The topological polar surface area (TPSA) is 95.6 Å². The summed E-state index contributed by atoms with van der Waals surface area (Å²) in [6.07, 6.45) is 2.16. The molecule has 0 heterocycles. The molecule has 0 spiro atoms. The maximum atomic E-state index is 13.6. The molecule has 7 nitrogen and oxygen atoms in total. The van der Waals surface area contributed by atoms with Crippen LogP contribution in [-0.2, 0) is 32.6 Å². The molecule has 0 aromatic heterocycles. The van der Waals surface area contributed by atoms with Crippen molar-refractivity contribution >= 4 is 21.8 Å². The highest BCUT2D eigenvalue weighted by atomic mass is 32.2. The van der Waals surface area contributed by atoms with E-state index in [-0.39, 0.29) is 36.2 Å². The number of nitrogens with one attached hydrogen (secondary N) is 2. The van der Waals surface area contributed by atoms with E-state index in [4.69, 9.17) is 0 Å². The molecule has 3 aromatic rings. The predicted molar refractivity (Wildman–Crippen MR) is 145 cm³/mol. The van der Waals surface area contributed by atoms with E-state index < -0.39 is 16.1 Å². The number of aryl methyl sites for hydroxylation is 1. The second kappa shape index (κ2) is 13.5. The second-order valence-corrected chi connectivity index (χ2v) is 10.3. The van der Waals surface area contributed by atoms with Gasteiger partial charge in [-0.25, -0.2) is 13.1 Å². The van der Waals surface area contributed by atoms with Crippen LogP contribution in [-0.4, -0.2) is 38.2 Å². The van der Waals surface area contributed by atoms with Crippen LogP contribution in [0.1, 0.15) is 36.1 Å². The fraction of sp³-hybridized carbons (Fsp3) is 0.241. The zero-order chi connectivity index (χ0) is 26.7. The van der Waals surface area contributed by atoms with E-state index in [2.05, 4.69) is 16.6 Å². The molecule has 2 N–H and O–H groups in total. The number of rotatable bonds is 13. The van der Waals surface area contributed by atoms with Gasteiger partial charge in [-0.3, -0.25) is 9.59 Å². The van der Waals surface area contributed by atoms with Crippen LogP contribution in [0, 0.1) is 0 Å². The minimum absolute atomic E-state index is 0.157. The first kappa shape index (κ1) is 27.8. The van der Waals surface area contributed by atoms with Crippen molar-refractivity contribution in [3.63, 3.8) is 0 Å². The van der Waals surface area contributed by atoms with E-state index in [1.807, 2.05) is 60.7 Å². The molecule has 2 amide bonds. The van der Waals surface area contributed by atoms with Crippen LogP contribution in [0.3, 0.4) is 0 Å². The molecule has 3 aromatic carbocycles. The Labute approximate surface area is 219 Å². The van der Waals surface area contributed by atoms with Gasteiger partial charge in [0.1, 0.15) is 6.04 Å². The van der Waals surface area contributed by atoms with Crippen molar-refractivity contribution in [3.8, 4) is 0 Å². The molecular weight excluding hydrogens is 486 g/mol. The Morgan fingerprint density at radius 2 is 1.54 bits per heavy atom. The number of hydrogen-bond acceptors (Lipinski definition) is 4. The van der Waals surface area contributed by atoms with Crippen molar-refractivity contribution in [2.45, 2.75) is 37.2 Å². The van der Waals surface area contributed by atoms with E-state index in [9.17, 15) is 18.0 Å². The number of benzene rings is 3. The second-order valence-electron chi connectivity index (χ2n) is 8.50. The van der Waals surface area contributed by atoms with Crippen LogP contribution in [0.25, 0.3) is 0 Å². The van der Waals surface area contributed by atoms with E-state index in [1.165, 1.54) is 12.1 Å². The van der Waals surface area contributed by atoms with Gasteiger partial charge in [0.2, 0.25) is 21.8 Å². The first-order valence-corrected chi connectivity index (χ1v) is 13.7. The fourth-order valence-corrected chi connectivity index (χ4v) is 5.03.